The molecule has 0 fully saturated rings. The van der Waals surface area contributed by atoms with Crippen LogP contribution in [-0.4, -0.2) is 36.4 Å². The number of imidazole rings is 1. The second kappa shape index (κ2) is 8.25. The maximum Gasteiger partial charge on any atom is 0.111 e. The Bertz CT molecular complexity index is 297. The summed E-state index contributed by atoms with van der Waals surface area (Å²) in [5, 5.41) is 3.35. The second-order valence-corrected chi connectivity index (χ2v) is 4.58. The first-order valence-electron chi connectivity index (χ1n) is 6.46. The molecule has 1 aromatic heterocycles. The van der Waals surface area contributed by atoms with Crippen LogP contribution in [0.4, 0.5) is 0 Å². The largest absolute Gasteiger partial charge is 0.383 e. The second-order valence-electron chi connectivity index (χ2n) is 4.58. The molecule has 0 saturated carbocycles. The first-order chi connectivity index (χ1) is 8.25. The zero-order valence-corrected chi connectivity index (χ0v) is 11.3. The van der Waals surface area contributed by atoms with Crippen molar-refractivity contribution in [3.63, 3.8) is 0 Å². The topological polar surface area (TPSA) is 39.1 Å². The van der Waals surface area contributed by atoms with E-state index >= 15 is 0 Å². The fourth-order valence-corrected chi connectivity index (χ4v) is 1.84. The van der Waals surface area contributed by atoms with Crippen molar-refractivity contribution in [2.24, 2.45) is 0 Å². The Labute approximate surface area is 104 Å². The lowest BCUT2D eigenvalue weighted by molar-refractivity contribution is 0.199. The summed E-state index contributed by atoms with van der Waals surface area (Å²) >= 11 is 0. The number of aromatic nitrogens is 2. The highest BCUT2D eigenvalue weighted by Gasteiger charge is 2.05. The van der Waals surface area contributed by atoms with Crippen LogP contribution in [0.2, 0.25) is 0 Å². The number of methoxy groups -OCH3 is 1. The SMILES string of the molecule is COCCNCCCCn1ccnc1C(C)C. The van der Waals surface area contributed by atoms with Gasteiger partial charge in [-0.15, -0.1) is 0 Å². The number of nitrogens with zero attached hydrogens (tertiary/aromatic N) is 2. The van der Waals surface area contributed by atoms with Gasteiger partial charge in [0.1, 0.15) is 5.82 Å². The van der Waals surface area contributed by atoms with Crippen LogP contribution in [0, 0.1) is 0 Å². The van der Waals surface area contributed by atoms with Gasteiger partial charge in [0.05, 0.1) is 6.61 Å². The summed E-state index contributed by atoms with van der Waals surface area (Å²) in [4.78, 5) is 4.39. The fraction of sp³-hybridized carbons (Fsp3) is 0.769. The van der Waals surface area contributed by atoms with Gasteiger partial charge in [0, 0.05) is 38.5 Å². The van der Waals surface area contributed by atoms with E-state index in [9.17, 15) is 0 Å². The van der Waals surface area contributed by atoms with Gasteiger partial charge in [0.15, 0.2) is 0 Å². The number of ether oxygens (including phenoxy) is 1. The van der Waals surface area contributed by atoms with Gasteiger partial charge in [-0.05, 0) is 19.4 Å². The molecule has 1 aromatic rings. The highest BCUT2D eigenvalue weighted by Crippen LogP contribution is 2.12. The Morgan fingerprint density at radius 1 is 1.35 bits per heavy atom. The molecule has 17 heavy (non-hydrogen) atoms. The Morgan fingerprint density at radius 3 is 2.88 bits per heavy atom. The van der Waals surface area contributed by atoms with E-state index < -0.39 is 0 Å². The molecule has 0 saturated heterocycles. The molecular formula is C13H25N3O. The quantitative estimate of drug-likeness (QED) is 0.670. The summed E-state index contributed by atoms with van der Waals surface area (Å²) in [5.41, 5.74) is 0. The molecule has 4 heteroatoms. The van der Waals surface area contributed by atoms with Gasteiger partial charge in [-0.1, -0.05) is 13.8 Å². The Balaban J connectivity index is 2.11. The molecular weight excluding hydrogens is 214 g/mol. The van der Waals surface area contributed by atoms with E-state index in [0.29, 0.717) is 5.92 Å². The highest BCUT2D eigenvalue weighted by molar-refractivity contribution is 4.97. The van der Waals surface area contributed by atoms with Gasteiger partial charge in [0.25, 0.3) is 0 Å². The van der Waals surface area contributed by atoms with Crippen molar-refractivity contribution < 1.29 is 4.74 Å². The van der Waals surface area contributed by atoms with E-state index in [1.807, 2.05) is 6.20 Å². The fourth-order valence-electron chi connectivity index (χ4n) is 1.84. The minimum absolute atomic E-state index is 0.504. The van der Waals surface area contributed by atoms with Crippen molar-refractivity contribution in [1.29, 1.82) is 0 Å². The molecule has 1 N–H and O–H groups in total. The van der Waals surface area contributed by atoms with Gasteiger partial charge < -0.3 is 14.6 Å². The summed E-state index contributed by atoms with van der Waals surface area (Å²) in [6.45, 7) is 8.24. The van der Waals surface area contributed by atoms with Crippen LogP contribution in [0.15, 0.2) is 12.4 Å². The molecule has 0 aromatic carbocycles. The summed E-state index contributed by atoms with van der Waals surface area (Å²) in [6.07, 6.45) is 6.36. The van der Waals surface area contributed by atoms with E-state index in [-0.39, 0.29) is 0 Å². The van der Waals surface area contributed by atoms with Crippen molar-refractivity contribution >= 4 is 0 Å². The Morgan fingerprint density at radius 2 is 2.18 bits per heavy atom. The first-order valence-corrected chi connectivity index (χ1v) is 6.46. The minimum Gasteiger partial charge on any atom is -0.383 e. The van der Waals surface area contributed by atoms with Crippen molar-refractivity contribution in [2.45, 2.75) is 39.2 Å². The summed E-state index contributed by atoms with van der Waals surface area (Å²) in [5.74, 6) is 1.70. The van der Waals surface area contributed by atoms with Crippen molar-refractivity contribution in [2.75, 3.05) is 26.8 Å². The van der Waals surface area contributed by atoms with E-state index in [0.717, 1.165) is 26.2 Å². The molecule has 0 atom stereocenters. The standard InChI is InChI=1S/C13H25N3O/c1-12(2)13-15-7-10-16(13)9-5-4-6-14-8-11-17-3/h7,10,12,14H,4-6,8-9,11H2,1-3H3. The molecule has 0 aliphatic rings. The van der Waals surface area contributed by atoms with Gasteiger partial charge in [0.2, 0.25) is 0 Å². The van der Waals surface area contributed by atoms with Crippen LogP contribution in [0.3, 0.4) is 0 Å². The van der Waals surface area contributed by atoms with Crippen LogP contribution in [-0.2, 0) is 11.3 Å². The third-order valence-electron chi connectivity index (χ3n) is 2.75. The maximum atomic E-state index is 4.97. The molecule has 98 valence electrons. The molecule has 1 heterocycles. The average molecular weight is 239 g/mol. The maximum absolute atomic E-state index is 4.97. The number of hydrogen-bond acceptors (Lipinski definition) is 3. The lowest BCUT2D eigenvalue weighted by Gasteiger charge is -2.10. The molecule has 0 bridgehead atoms. The van der Waals surface area contributed by atoms with Crippen molar-refractivity contribution in [1.82, 2.24) is 14.9 Å². The summed E-state index contributed by atoms with van der Waals surface area (Å²) < 4.78 is 7.24. The van der Waals surface area contributed by atoms with E-state index in [1.165, 1.54) is 18.7 Å². The molecule has 0 aliphatic heterocycles. The lowest BCUT2D eigenvalue weighted by Crippen LogP contribution is -2.20. The average Bonchev–Trinajstić information content (AvgIpc) is 2.76. The van der Waals surface area contributed by atoms with Crippen LogP contribution in [0.25, 0.3) is 0 Å². The molecule has 4 nitrogen and oxygen atoms in total. The predicted molar refractivity (Wildman–Crippen MR) is 70.3 cm³/mol. The zero-order valence-electron chi connectivity index (χ0n) is 11.3. The van der Waals surface area contributed by atoms with Crippen LogP contribution >= 0.6 is 0 Å². The molecule has 0 spiro atoms. The van der Waals surface area contributed by atoms with Gasteiger partial charge in [-0.3, -0.25) is 0 Å². The number of unbranched alkanes of at least 4 members (excludes halogenated alkanes) is 1. The Hall–Kier alpha value is -0.870. The van der Waals surface area contributed by atoms with Gasteiger partial charge >= 0.3 is 0 Å². The number of rotatable bonds is 9. The smallest absolute Gasteiger partial charge is 0.111 e. The van der Waals surface area contributed by atoms with Gasteiger partial charge in [-0.25, -0.2) is 4.98 Å². The van der Waals surface area contributed by atoms with Crippen LogP contribution in [0.5, 0.6) is 0 Å². The first kappa shape index (κ1) is 14.2. The Kier molecular flexibility index (Phi) is 6.89. The number of hydrogen-bond donors (Lipinski definition) is 1. The molecule has 0 aliphatic carbocycles. The third kappa shape index (κ3) is 5.33. The van der Waals surface area contributed by atoms with Gasteiger partial charge in [-0.2, -0.15) is 0 Å². The van der Waals surface area contributed by atoms with Crippen molar-refractivity contribution in [3.05, 3.63) is 18.2 Å². The highest BCUT2D eigenvalue weighted by atomic mass is 16.5. The third-order valence-corrected chi connectivity index (χ3v) is 2.75. The van der Waals surface area contributed by atoms with Crippen LogP contribution < -0.4 is 5.32 Å². The number of aryl methyl sites for hydroxylation is 1. The monoisotopic (exact) mass is 239 g/mol. The molecule has 0 radical (unpaired) electrons. The van der Waals surface area contributed by atoms with Crippen LogP contribution in [0.1, 0.15) is 38.4 Å². The summed E-state index contributed by atoms with van der Waals surface area (Å²) in [6, 6.07) is 0. The van der Waals surface area contributed by atoms with E-state index in [2.05, 4.69) is 34.9 Å². The zero-order chi connectivity index (χ0) is 12.5. The lowest BCUT2D eigenvalue weighted by atomic mass is 10.2. The predicted octanol–water partition coefficient (Wildman–Crippen LogP) is 2.02. The van der Waals surface area contributed by atoms with E-state index in [4.69, 9.17) is 4.74 Å². The minimum atomic E-state index is 0.504. The molecule has 0 unspecified atom stereocenters. The molecule has 1 rings (SSSR count). The molecule has 0 amide bonds. The van der Waals surface area contributed by atoms with Crippen molar-refractivity contribution in [3.8, 4) is 0 Å². The van der Waals surface area contributed by atoms with E-state index in [1.54, 1.807) is 7.11 Å². The normalized spacial score (nSPS) is 11.3. The summed E-state index contributed by atoms with van der Waals surface area (Å²) in [7, 11) is 1.73. The number of nitrogens with one attached hydrogen (secondary N) is 1.